The topological polar surface area (TPSA) is 92.7 Å². The maximum atomic E-state index is 11.9. The van der Waals surface area contributed by atoms with Crippen molar-refractivity contribution in [3.8, 4) is 0 Å². The van der Waals surface area contributed by atoms with Crippen molar-refractivity contribution in [2.45, 2.75) is 13.3 Å². The van der Waals surface area contributed by atoms with Gasteiger partial charge in [-0.1, -0.05) is 14.7 Å². The molecule has 0 aromatic heterocycles. The Labute approximate surface area is 74.4 Å². The second-order valence-electron chi connectivity index (χ2n) is 1.84. The lowest BCUT2D eigenvalue weighted by molar-refractivity contribution is 0.547. The molecular formula is C3H6F2N2O4S2. The Balaban J connectivity index is 4.85. The summed E-state index contributed by atoms with van der Waals surface area (Å²) in [5.74, 6) is -0.829. The number of rotatable bonds is 3. The Bertz CT molecular complexity index is 397. The lowest BCUT2D eigenvalue weighted by Gasteiger charge is -1.99. The van der Waals surface area contributed by atoms with Gasteiger partial charge < -0.3 is 0 Å². The van der Waals surface area contributed by atoms with Crippen LogP contribution < -0.4 is 4.72 Å². The largest absolute Gasteiger partial charge is 0.419 e. The van der Waals surface area contributed by atoms with Gasteiger partial charge in [-0.25, -0.2) is 4.72 Å². The van der Waals surface area contributed by atoms with Crippen LogP contribution in [0.4, 0.5) is 7.77 Å². The molecule has 0 aliphatic carbocycles. The van der Waals surface area contributed by atoms with Gasteiger partial charge in [0.25, 0.3) is 0 Å². The minimum Gasteiger partial charge on any atom is -0.243 e. The molecule has 0 bridgehead atoms. The predicted molar refractivity (Wildman–Crippen MR) is 40.9 cm³/mol. The standard InChI is InChI=1S/C3H6F2N2O4S2/c1-2-3(6-12(4,8)9)7-13(5,10)11/h2H2,1H3,(H,6,7). The normalized spacial score (nSPS) is 14.2. The summed E-state index contributed by atoms with van der Waals surface area (Å²) in [4.78, 5) is 0. The first kappa shape index (κ1) is 12.2. The highest BCUT2D eigenvalue weighted by Crippen LogP contribution is 1.97. The average Bonchev–Trinajstić information content (AvgIpc) is 1.79. The summed E-state index contributed by atoms with van der Waals surface area (Å²) in [6.07, 6.45) is -0.272. The summed E-state index contributed by atoms with van der Waals surface area (Å²) in [7, 11) is -10.3. The molecule has 0 aromatic carbocycles. The molecule has 0 fully saturated rings. The third kappa shape index (κ3) is 7.59. The Morgan fingerprint density at radius 1 is 1.31 bits per heavy atom. The Kier molecular flexibility index (Phi) is 3.72. The first-order valence-corrected chi connectivity index (χ1v) is 5.62. The SMILES string of the molecule is CC/C(=N\S(=O)(=O)F)NS(=O)(=O)F. The van der Waals surface area contributed by atoms with Crippen LogP contribution in [-0.4, -0.2) is 22.7 Å². The summed E-state index contributed by atoms with van der Waals surface area (Å²) in [5, 5.41) is 0. The number of nitrogens with zero attached hydrogens (tertiary/aromatic N) is 1. The van der Waals surface area contributed by atoms with Crippen molar-refractivity contribution < 1.29 is 24.6 Å². The Hall–Kier alpha value is -0.770. The van der Waals surface area contributed by atoms with E-state index in [1.54, 1.807) is 0 Å². The molecule has 1 N–H and O–H groups in total. The van der Waals surface area contributed by atoms with Crippen molar-refractivity contribution in [1.29, 1.82) is 0 Å². The van der Waals surface area contributed by atoms with E-state index in [9.17, 15) is 24.6 Å². The van der Waals surface area contributed by atoms with E-state index >= 15 is 0 Å². The highest BCUT2D eigenvalue weighted by atomic mass is 32.3. The van der Waals surface area contributed by atoms with Gasteiger partial charge in [0.1, 0.15) is 5.84 Å². The Morgan fingerprint density at radius 3 is 2.00 bits per heavy atom. The van der Waals surface area contributed by atoms with E-state index in [0.717, 1.165) is 4.72 Å². The lowest BCUT2D eigenvalue weighted by Crippen LogP contribution is -2.27. The molecule has 6 nitrogen and oxygen atoms in total. The summed E-state index contributed by atoms with van der Waals surface area (Å²) in [6, 6.07) is 0. The van der Waals surface area contributed by atoms with Gasteiger partial charge in [0.05, 0.1) is 0 Å². The molecule has 0 aromatic rings. The Morgan fingerprint density at radius 2 is 1.77 bits per heavy atom. The van der Waals surface area contributed by atoms with Crippen LogP contribution in [0.2, 0.25) is 0 Å². The summed E-state index contributed by atoms with van der Waals surface area (Å²) < 4.78 is 66.7. The van der Waals surface area contributed by atoms with E-state index in [1.165, 1.54) is 6.92 Å². The van der Waals surface area contributed by atoms with Crippen LogP contribution >= 0.6 is 0 Å². The van der Waals surface area contributed by atoms with Crippen LogP contribution in [0.3, 0.4) is 0 Å². The molecule has 0 unspecified atom stereocenters. The average molecular weight is 236 g/mol. The molecule has 0 rings (SSSR count). The van der Waals surface area contributed by atoms with Gasteiger partial charge in [-0.15, -0.1) is 4.40 Å². The van der Waals surface area contributed by atoms with Crippen molar-refractivity contribution in [2.75, 3.05) is 0 Å². The van der Waals surface area contributed by atoms with Crippen molar-refractivity contribution in [1.82, 2.24) is 4.72 Å². The zero-order chi connectivity index (χ0) is 10.7. The smallest absolute Gasteiger partial charge is 0.243 e. The number of amidine groups is 1. The minimum atomic E-state index is -5.21. The quantitative estimate of drug-likeness (QED) is 0.417. The number of halogens is 2. The fourth-order valence-electron chi connectivity index (χ4n) is 0.428. The molecule has 0 aliphatic rings. The molecule has 0 spiro atoms. The van der Waals surface area contributed by atoms with Gasteiger partial charge in [0.2, 0.25) is 0 Å². The van der Waals surface area contributed by atoms with Crippen molar-refractivity contribution in [3.05, 3.63) is 0 Å². The number of nitrogens with one attached hydrogen (secondary N) is 1. The highest BCUT2D eigenvalue weighted by Gasteiger charge is 2.12. The van der Waals surface area contributed by atoms with Crippen molar-refractivity contribution in [3.63, 3.8) is 0 Å². The molecule has 0 saturated heterocycles. The molecule has 0 radical (unpaired) electrons. The maximum Gasteiger partial charge on any atom is 0.419 e. The van der Waals surface area contributed by atoms with Crippen LogP contribution in [0.1, 0.15) is 13.3 Å². The predicted octanol–water partition coefficient (Wildman–Crippen LogP) is -0.187. The van der Waals surface area contributed by atoms with Gasteiger partial charge in [-0.05, 0) is 0 Å². The van der Waals surface area contributed by atoms with Gasteiger partial charge in [0, 0.05) is 6.42 Å². The van der Waals surface area contributed by atoms with Crippen molar-refractivity contribution >= 4 is 26.7 Å². The van der Waals surface area contributed by atoms with E-state index < -0.39 is 26.7 Å². The van der Waals surface area contributed by atoms with E-state index in [0.29, 0.717) is 0 Å². The third-order valence-corrected chi connectivity index (χ3v) is 1.71. The molecule has 13 heavy (non-hydrogen) atoms. The molecule has 0 heterocycles. The monoisotopic (exact) mass is 236 g/mol. The van der Waals surface area contributed by atoms with Gasteiger partial charge in [-0.2, -0.15) is 16.8 Å². The minimum absolute atomic E-state index is 0.272. The molecule has 0 atom stereocenters. The second-order valence-corrected chi connectivity index (χ2v) is 3.93. The van der Waals surface area contributed by atoms with Gasteiger partial charge in [-0.3, -0.25) is 0 Å². The van der Waals surface area contributed by atoms with Gasteiger partial charge in [0.15, 0.2) is 0 Å². The molecule has 78 valence electrons. The number of hydrogen-bond donors (Lipinski definition) is 1. The van der Waals surface area contributed by atoms with E-state index in [1.807, 2.05) is 0 Å². The van der Waals surface area contributed by atoms with E-state index in [4.69, 9.17) is 0 Å². The molecular weight excluding hydrogens is 230 g/mol. The molecule has 0 saturated carbocycles. The first-order chi connectivity index (χ1) is 5.64. The summed E-state index contributed by atoms with van der Waals surface area (Å²) >= 11 is 0. The third-order valence-electron chi connectivity index (χ3n) is 0.794. The van der Waals surface area contributed by atoms with Crippen LogP contribution in [0.25, 0.3) is 0 Å². The molecule has 10 heteroatoms. The zero-order valence-electron chi connectivity index (χ0n) is 6.36. The lowest BCUT2D eigenvalue weighted by atomic mass is 10.5. The fourth-order valence-corrected chi connectivity index (χ4v) is 1.39. The second kappa shape index (κ2) is 3.96. The van der Waals surface area contributed by atoms with Crippen LogP contribution in [0.5, 0.6) is 0 Å². The molecule has 0 amide bonds. The van der Waals surface area contributed by atoms with E-state index in [2.05, 4.69) is 4.40 Å². The summed E-state index contributed by atoms with van der Waals surface area (Å²) in [5.41, 5.74) is 0. The number of hydrogen-bond acceptors (Lipinski definition) is 4. The molecule has 0 aliphatic heterocycles. The van der Waals surface area contributed by atoms with Gasteiger partial charge >= 0.3 is 20.8 Å². The fraction of sp³-hybridized carbons (Fsp3) is 0.667. The van der Waals surface area contributed by atoms with Crippen LogP contribution in [0.15, 0.2) is 4.40 Å². The summed E-state index contributed by atoms with van der Waals surface area (Å²) in [6.45, 7) is 1.27. The van der Waals surface area contributed by atoms with E-state index in [-0.39, 0.29) is 6.42 Å². The highest BCUT2D eigenvalue weighted by molar-refractivity contribution is 7.86. The van der Waals surface area contributed by atoms with Crippen LogP contribution in [-0.2, 0) is 20.8 Å². The van der Waals surface area contributed by atoms with Crippen LogP contribution in [0, 0.1) is 0 Å². The first-order valence-electron chi connectivity index (χ1n) is 2.90. The zero-order valence-corrected chi connectivity index (χ0v) is 7.99. The van der Waals surface area contributed by atoms with Crippen molar-refractivity contribution in [2.24, 2.45) is 4.40 Å². The maximum absolute atomic E-state index is 11.9.